The molecule has 3 aromatic rings. The maximum atomic E-state index is 5.36. The van der Waals surface area contributed by atoms with E-state index in [0.717, 1.165) is 5.56 Å². The molecule has 19 heavy (non-hydrogen) atoms. The third kappa shape index (κ3) is 2.01. The summed E-state index contributed by atoms with van der Waals surface area (Å²) in [4.78, 5) is 8.38. The second kappa shape index (κ2) is 4.31. The summed E-state index contributed by atoms with van der Waals surface area (Å²) < 4.78 is 7.05. The van der Waals surface area contributed by atoms with Gasteiger partial charge in [-0.25, -0.2) is 9.67 Å². The lowest BCUT2D eigenvalue weighted by Crippen LogP contribution is -2.28. The average Bonchev–Trinajstić information content (AvgIpc) is 3.12. The molecule has 2 heterocycles. The molecule has 0 bridgehead atoms. The predicted octanol–water partition coefficient (Wildman–Crippen LogP) is 2.11. The predicted molar refractivity (Wildman–Crippen MR) is 68.2 cm³/mol. The summed E-state index contributed by atoms with van der Waals surface area (Å²) in [5.74, 6) is 1.07. The molecule has 2 aromatic heterocycles. The van der Waals surface area contributed by atoms with E-state index in [1.54, 1.807) is 11.0 Å². The Balaban J connectivity index is 1.98. The highest BCUT2D eigenvalue weighted by molar-refractivity contribution is 5.53. The van der Waals surface area contributed by atoms with Crippen LogP contribution in [0.1, 0.15) is 19.7 Å². The fourth-order valence-corrected chi connectivity index (χ4v) is 1.77. The molecule has 0 saturated heterocycles. The van der Waals surface area contributed by atoms with Crippen molar-refractivity contribution >= 4 is 0 Å². The maximum Gasteiger partial charge on any atom is 0.254 e. The van der Waals surface area contributed by atoms with Gasteiger partial charge in [0.05, 0.1) is 0 Å². The largest absolute Gasteiger partial charge is 0.336 e. The molecule has 0 atom stereocenters. The SMILES string of the molecule is CC(C)(c1nc(-c2ccccc2)no1)n1cncn1. The zero-order valence-corrected chi connectivity index (χ0v) is 10.7. The van der Waals surface area contributed by atoms with Crippen LogP contribution in [0, 0.1) is 0 Å². The molecule has 96 valence electrons. The summed E-state index contributed by atoms with van der Waals surface area (Å²) in [6.07, 6.45) is 3.11. The average molecular weight is 255 g/mol. The van der Waals surface area contributed by atoms with Gasteiger partial charge in [0.1, 0.15) is 18.2 Å². The molecule has 1 aromatic carbocycles. The third-order valence-electron chi connectivity index (χ3n) is 2.97. The van der Waals surface area contributed by atoms with E-state index >= 15 is 0 Å². The Bertz CT molecular complexity index is 657. The molecule has 6 nitrogen and oxygen atoms in total. The molecule has 6 heteroatoms. The maximum absolute atomic E-state index is 5.36. The monoisotopic (exact) mass is 255 g/mol. The van der Waals surface area contributed by atoms with Gasteiger partial charge in [-0.2, -0.15) is 10.1 Å². The Morgan fingerprint density at radius 3 is 2.63 bits per heavy atom. The van der Waals surface area contributed by atoms with Crippen molar-refractivity contribution in [1.29, 1.82) is 0 Å². The highest BCUT2D eigenvalue weighted by Gasteiger charge is 2.30. The van der Waals surface area contributed by atoms with Crippen molar-refractivity contribution in [3.63, 3.8) is 0 Å². The normalized spacial score (nSPS) is 11.7. The molecule has 0 radical (unpaired) electrons. The van der Waals surface area contributed by atoms with Crippen molar-refractivity contribution in [2.24, 2.45) is 0 Å². The molecule has 0 fully saturated rings. The molecular formula is C13H13N5O. The standard InChI is InChI=1S/C13H13N5O/c1-13(2,18-9-14-8-15-18)12-16-11(17-19-12)10-6-4-3-5-7-10/h3-9H,1-2H3. The molecule has 0 spiro atoms. The van der Waals surface area contributed by atoms with Gasteiger partial charge in [-0.05, 0) is 13.8 Å². The van der Waals surface area contributed by atoms with Crippen molar-refractivity contribution in [2.45, 2.75) is 19.4 Å². The number of nitrogens with zero attached hydrogens (tertiary/aromatic N) is 5. The van der Waals surface area contributed by atoms with E-state index in [9.17, 15) is 0 Å². The van der Waals surface area contributed by atoms with Gasteiger partial charge < -0.3 is 4.52 Å². The second-order valence-corrected chi connectivity index (χ2v) is 4.69. The molecule has 0 saturated carbocycles. The van der Waals surface area contributed by atoms with Crippen molar-refractivity contribution < 1.29 is 4.52 Å². The Labute approximate surface area is 110 Å². The van der Waals surface area contributed by atoms with Crippen LogP contribution in [0.3, 0.4) is 0 Å². The number of benzene rings is 1. The molecule has 0 aliphatic rings. The van der Waals surface area contributed by atoms with E-state index in [0.29, 0.717) is 11.7 Å². The van der Waals surface area contributed by atoms with E-state index in [4.69, 9.17) is 4.52 Å². The van der Waals surface area contributed by atoms with Crippen molar-refractivity contribution in [3.05, 3.63) is 48.9 Å². The molecule has 0 aliphatic heterocycles. The van der Waals surface area contributed by atoms with Gasteiger partial charge in [0.2, 0.25) is 5.82 Å². The first-order chi connectivity index (χ1) is 9.18. The van der Waals surface area contributed by atoms with Crippen LogP contribution >= 0.6 is 0 Å². The number of hydrogen-bond acceptors (Lipinski definition) is 5. The van der Waals surface area contributed by atoms with Crippen LogP contribution in [0.15, 0.2) is 47.5 Å². The van der Waals surface area contributed by atoms with Gasteiger partial charge in [0, 0.05) is 5.56 Å². The summed E-state index contributed by atoms with van der Waals surface area (Å²) in [6, 6.07) is 9.71. The first-order valence-corrected chi connectivity index (χ1v) is 5.92. The van der Waals surface area contributed by atoms with E-state index < -0.39 is 5.54 Å². The first-order valence-electron chi connectivity index (χ1n) is 5.92. The number of aromatic nitrogens is 5. The van der Waals surface area contributed by atoms with Crippen LogP contribution in [0.4, 0.5) is 0 Å². The summed E-state index contributed by atoms with van der Waals surface area (Å²) in [7, 11) is 0. The fourth-order valence-electron chi connectivity index (χ4n) is 1.77. The van der Waals surface area contributed by atoms with Gasteiger partial charge in [-0.1, -0.05) is 35.5 Å². The van der Waals surface area contributed by atoms with E-state index in [1.165, 1.54) is 6.33 Å². The lowest BCUT2D eigenvalue weighted by Gasteiger charge is -2.19. The van der Waals surface area contributed by atoms with Crippen molar-refractivity contribution in [1.82, 2.24) is 24.9 Å². The summed E-state index contributed by atoms with van der Waals surface area (Å²) in [5.41, 5.74) is 0.392. The zero-order valence-electron chi connectivity index (χ0n) is 10.7. The van der Waals surface area contributed by atoms with Crippen LogP contribution in [-0.2, 0) is 5.54 Å². The minimum absolute atomic E-state index is 0.497. The lowest BCUT2D eigenvalue weighted by molar-refractivity contribution is 0.261. The minimum Gasteiger partial charge on any atom is -0.336 e. The quantitative estimate of drug-likeness (QED) is 0.717. The molecular weight excluding hydrogens is 242 g/mol. The first kappa shape index (κ1) is 11.6. The van der Waals surface area contributed by atoms with Crippen LogP contribution in [0.25, 0.3) is 11.4 Å². The molecule has 0 unspecified atom stereocenters. The lowest BCUT2D eigenvalue weighted by atomic mass is 10.1. The molecule has 0 aliphatic carbocycles. The van der Waals surface area contributed by atoms with Gasteiger partial charge in [0.25, 0.3) is 5.89 Å². The van der Waals surface area contributed by atoms with Crippen LogP contribution in [-0.4, -0.2) is 24.9 Å². The summed E-state index contributed by atoms with van der Waals surface area (Å²) in [6.45, 7) is 3.90. The van der Waals surface area contributed by atoms with Crippen molar-refractivity contribution in [2.75, 3.05) is 0 Å². The molecule has 0 N–H and O–H groups in total. The Hall–Kier alpha value is -2.50. The van der Waals surface area contributed by atoms with Crippen LogP contribution in [0.2, 0.25) is 0 Å². The minimum atomic E-state index is -0.531. The van der Waals surface area contributed by atoms with Crippen LogP contribution < -0.4 is 0 Å². The topological polar surface area (TPSA) is 69.6 Å². The highest BCUT2D eigenvalue weighted by atomic mass is 16.5. The smallest absolute Gasteiger partial charge is 0.254 e. The summed E-state index contributed by atoms with van der Waals surface area (Å²) >= 11 is 0. The highest BCUT2D eigenvalue weighted by Crippen LogP contribution is 2.25. The van der Waals surface area contributed by atoms with E-state index in [-0.39, 0.29) is 0 Å². The number of rotatable bonds is 3. The number of hydrogen-bond donors (Lipinski definition) is 0. The fraction of sp³-hybridized carbons (Fsp3) is 0.231. The van der Waals surface area contributed by atoms with E-state index in [1.807, 2.05) is 44.2 Å². The Kier molecular flexibility index (Phi) is 2.63. The molecule has 0 amide bonds. The third-order valence-corrected chi connectivity index (χ3v) is 2.97. The van der Waals surface area contributed by atoms with Gasteiger partial charge in [-0.3, -0.25) is 0 Å². The van der Waals surface area contributed by atoms with Crippen molar-refractivity contribution in [3.8, 4) is 11.4 Å². The van der Waals surface area contributed by atoms with E-state index in [2.05, 4.69) is 20.2 Å². The Morgan fingerprint density at radius 1 is 1.16 bits per heavy atom. The van der Waals surface area contributed by atoms with Gasteiger partial charge >= 0.3 is 0 Å². The van der Waals surface area contributed by atoms with Gasteiger partial charge in [0.15, 0.2) is 0 Å². The summed E-state index contributed by atoms with van der Waals surface area (Å²) in [5, 5.41) is 8.14. The second-order valence-electron chi connectivity index (χ2n) is 4.69. The molecule has 3 rings (SSSR count). The van der Waals surface area contributed by atoms with Crippen LogP contribution in [0.5, 0.6) is 0 Å². The van der Waals surface area contributed by atoms with Gasteiger partial charge in [-0.15, -0.1) is 0 Å². The zero-order chi connectivity index (χ0) is 13.3. The Morgan fingerprint density at radius 2 is 1.95 bits per heavy atom.